The fourth-order valence-corrected chi connectivity index (χ4v) is 4.20. The Morgan fingerprint density at radius 1 is 0.920 bits per heavy atom. The summed E-state index contributed by atoms with van der Waals surface area (Å²) in [6.07, 6.45) is 0.315. The third kappa shape index (κ3) is 1.90. The third-order valence-corrected chi connectivity index (χ3v) is 5.60. The molecule has 0 amide bonds. The number of aryl methyl sites for hydroxylation is 1. The highest BCUT2D eigenvalue weighted by atomic mass is 16.3. The summed E-state index contributed by atoms with van der Waals surface area (Å²) in [5, 5.41) is 2.38. The SMILES string of the molecule is Cc1ccc2c(oc3ccccc32)c1[NH+]1c2ccccc2N(C)C1C. The molecule has 1 aliphatic heterocycles. The molecule has 25 heavy (non-hydrogen) atoms. The van der Waals surface area contributed by atoms with Crippen molar-refractivity contribution < 1.29 is 9.32 Å². The first-order valence-corrected chi connectivity index (χ1v) is 8.77. The van der Waals surface area contributed by atoms with Crippen molar-refractivity contribution in [3.63, 3.8) is 0 Å². The number of nitrogens with one attached hydrogen (secondary N) is 1. The van der Waals surface area contributed by atoms with E-state index in [9.17, 15) is 0 Å². The number of anilines is 1. The number of nitrogens with zero attached hydrogens (tertiary/aromatic N) is 1. The van der Waals surface area contributed by atoms with Crippen LogP contribution in [0.2, 0.25) is 0 Å². The maximum absolute atomic E-state index is 6.34. The number of quaternary nitrogens is 1. The third-order valence-electron chi connectivity index (χ3n) is 5.60. The van der Waals surface area contributed by atoms with Crippen molar-refractivity contribution in [3.8, 4) is 0 Å². The van der Waals surface area contributed by atoms with Crippen molar-refractivity contribution in [2.24, 2.45) is 0 Å². The van der Waals surface area contributed by atoms with Gasteiger partial charge in [0, 0.05) is 36.4 Å². The van der Waals surface area contributed by atoms with E-state index in [1.54, 1.807) is 0 Å². The normalized spacial score (nSPS) is 19.7. The molecular weight excluding hydrogens is 308 g/mol. The first kappa shape index (κ1) is 14.6. The molecule has 2 atom stereocenters. The Bertz CT molecular complexity index is 1110. The topological polar surface area (TPSA) is 20.8 Å². The summed E-state index contributed by atoms with van der Waals surface area (Å²) in [6.45, 7) is 4.46. The predicted octanol–water partition coefficient (Wildman–Crippen LogP) is 4.54. The summed E-state index contributed by atoms with van der Waals surface area (Å²) in [6, 6.07) is 21.4. The second-order valence-corrected chi connectivity index (χ2v) is 6.95. The molecule has 1 aromatic heterocycles. The Morgan fingerprint density at radius 2 is 1.68 bits per heavy atom. The van der Waals surface area contributed by atoms with Crippen molar-refractivity contribution in [2.75, 3.05) is 11.9 Å². The number of fused-ring (bicyclic) bond motifs is 4. The molecule has 124 valence electrons. The van der Waals surface area contributed by atoms with Gasteiger partial charge in [0.2, 0.25) is 0 Å². The van der Waals surface area contributed by atoms with Crippen LogP contribution >= 0.6 is 0 Å². The van der Waals surface area contributed by atoms with Crippen LogP contribution in [0, 0.1) is 6.92 Å². The first-order chi connectivity index (χ1) is 12.2. The lowest BCUT2D eigenvalue weighted by Gasteiger charge is -2.23. The Morgan fingerprint density at radius 3 is 2.56 bits per heavy atom. The molecular formula is C22H21N2O+. The molecule has 5 rings (SSSR count). The number of hydrogen-bond acceptors (Lipinski definition) is 2. The van der Waals surface area contributed by atoms with Crippen LogP contribution in [0.15, 0.2) is 65.1 Å². The summed E-state index contributed by atoms with van der Waals surface area (Å²) in [7, 11) is 2.17. The molecule has 3 aromatic carbocycles. The van der Waals surface area contributed by atoms with E-state index >= 15 is 0 Å². The van der Waals surface area contributed by atoms with Crippen molar-refractivity contribution in [2.45, 2.75) is 20.0 Å². The highest BCUT2D eigenvalue weighted by Gasteiger charge is 2.39. The average molecular weight is 329 g/mol. The van der Waals surface area contributed by atoms with Gasteiger partial charge in [-0.15, -0.1) is 0 Å². The molecule has 3 heteroatoms. The fourth-order valence-electron chi connectivity index (χ4n) is 4.20. The van der Waals surface area contributed by atoms with Gasteiger partial charge in [-0.05, 0) is 25.1 Å². The van der Waals surface area contributed by atoms with Gasteiger partial charge in [0.25, 0.3) is 0 Å². The highest BCUT2D eigenvalue weighted by molar-refractivity contribution is 6.08. The van der Waals surface area contributed by atoms with Crippen LogP contribution in [0.5, 0.6) is 0 Å². The Hall–Kier alpha value is -2.78. The van der Waals surface area contributed by atoms with Gasteiger partial charge < -0.3 is 9.32 Å². The van der Waals surface area contributed by atoms with Gasteiger partial charge in [-0.2, -0.15) is 0 Å². The van der Waals surface area contributed by atoms with Gasteiger partial charge in [0.05, 0.1) is 0 Å². The average Bonchev–Trinajstić information content (AvgIpc) is 3.12. The quantitative estimate of drug-likeness (QED) is 0.553. The van der Waals surface area contributed by atoms with Crippen LogP contribution in [-0.2, 0) is 0 Å². The summed E-state index contributed by atoms with van der Waals surface area (Å²) in [5.41, 5.74) is 7.08. The van der Waals surface area contributed by atoms with Crippen LogP contribution in [-0.4, -0.2) is 13.2 Å². The maximum Gasteiger partial charge on any atom is 0.196 e. The highest BCUT2D eigenvalue weighted by Crippen LogP contribution is 2.37. The Balaban J connectivity index is 1.85. The minimum Gasteiger partial charge on any atom is -0.450 e. The van der Waals surface area contributed by atoms with Gasteiger partial charge >= 0.3 is 0 Å². The van der Waals surface area contributed by atoms with E-state index in [1.165, 1.54) is 38.3 Å². The molecule has 0 saturated heterocycles. The second-order valence-electron chi connectivity index (χ2n) is 6.95. The molecule has 1 aliphatic rings. The van der Waals surface area contributed by atoms with Crippen LogP contribution in [0.4, 0.5) is 17.1 Å². The first-order valence-electron chi connectivity index (χ1n) is 8.77. The minimum absolute atomic E-state index is 0.315. The molecule has 0 saturated carbocycles. The predicted molar refractivity (Wildman–Crippen MR) is 103 cm³/mol. The van der Waals surface area contributed by atoms with Gasteiger partial charge in [0.15, 0.2) is 23.1 Å². The fraction of sp³-hybridized carbons (Fsp3) is 0.182. The van der Waals surface area contributed by atoms with Crippen molar-refractivity contribution in [1.82, 2.24) is 0 Å². The van der Waals surface area contributed by atoms with E-state index in [-0.39, 0.29) is 0 Å². The van der Waals surface area contributed by atoms with Gasteiger partial charge in [-0.1, -0.05) is 36.4 Å². The zero-order valence-electron chi connectivity index (χ0n) is 14.7. The summed E-state index contributed by atoms with van der Waals surface area (Å²) in [5.74, 6) is 0. The molecule has 0 radical (unpaired) electrons. The maximum atomic E-state index is 6.34. The Labute approximate surface area is 147 Å². The number of para-hydroxylation sites is 3. The van der Waals surface area contributed by atoms with Gasteiger partial charge in [0.1, 0.15) is 11.3 Å². The number of hydrogen-bond donors (Lipinski definition) is 1. The molecule has 2 unspecified atom stereocenters. The monoisotopic (exact) mass is 329 g/mol. The minimum atomic E-state index is 0.315. The molecule has 0 aliphatic carbocycles. The standard InChI is InChI=1S/C22H20N2O/c1-14-12-13-17-16-8-4-7-11-20(16)25-22(17)21(14)24-15(2)23(3)18-9-5-6-10-19(18)24/h4-13,15H,1-3H3/p+1. The van der Waals surface area contributed by atoms with E-state index in [0.717, 1.165) is 11.2 Å². The molecule has 1 N–H and O–H groups in total. The molecule has 4 aromatic rings. The van der Waals surface area contributed by atoms with Crippen LogP contribution in [0.1, 0.15) is 12.5 Å². The van der Waals surface area contributed by atoms with Crippen LogP contribution in [0.3, 0.4) is 0 Å². The van der Waals surface area contributed by atoms with E-state index < -0.39 is 0 Å². The largest absolute Gasteiger partial charge is 0.450 e. The number of rotatable bonds is 1. The molecule has 0 bridgehead atoms. The smallest absolute Gasteiger partial charge is 0.196 e. The number of benzene rings is 3. The van der Waals surface area contributed by atoms with Gasteiger partial charge in [-0.3, -0.25) is 0 Å². The second kappa shape index (κ2) is 5.11. The zero-order chi connectivity index (χ0) is 17.1. The lowest BCUT2D eigenvalue weighted by Crippen LogP contribution is -3.06. The molecule has 2 heterocycles. The zero-order valence-corrected chi connectivity index (χ0v) is 14.7. The van der Waals surface area contributed by atoms with E-state index in [2.05, 4.69) is 80.4 Å². The van der Waals surface area contributed by atoms with Gasteiger partial charge in [-0.25, -0.2) is 4.90 Å². The molecule has 3 nitrogen and oxygen atoms in total. The lowest BCUT2D eigenvalue weighted by molar-refractivity contribution is -0.779. The van der Waals surface area contributed by atoms with E-state index in [0.29, 0.717) is 6.17 Å². The summed E-state index contributed by atoms with van der Waals surface area (Å²) >= 11 is 0. The van der Waals surface area contributed by atoms with Crippen LogP contribution < -0.4 is 9.80 Å². The molecule has 0 fully saturated rings. The van der Waals surface area contributed by atoms with Crippen molar-refractivity contribution in [1.29, 1.82) is 0 Å². The lowest BCUT2D eigenvalue weighted by atomic mass is 10.1. The van der Waals surface area contributed by atoms with E-state index in [4.69, 9.17) is 4.42 Å². The van der Waals surface area contributed by atoms with Crippen molar-refractivity contribution in [3.05, 3.63) is 66.2 Å². The summed E-state index contributed by atoms with van der Waals surface area (Å²) in [4.78, 5) is 3.71. The van der Waals surface area contributed by atoms with E-state index in [1.807, 2.05) is 6.07 Å². The Kier molecular flexibility index (Phi) is 2.97. The number of furan rings is 1. The molecule has 0 spiro atoms. The van der Waals surface area contributed by atoms with Crippen LogP contribution in [0.25, 0.3) is 21.9 Å². The van der Waals surface area contributed by atoms with Crippen molar-refractivity contribution >= 4 is 39.0 Å². The summed E-state index contributed by atoms with van der Waals surface area (Å²) < 4.78 is 6.34.